The number of nitrogens with zero attached hydrogens (tertiary/aromatic N) is 3. The van der Waals surface area contributed by atoms with Crippen LogP contribution in [0.25, 0.3) is 0 Å². The van der Waals surface area contributed by atoms with Crippen LogP contribution < -0.4 is 5.32 Å². The van der Waals surface area contributed by atoms with Crippen LogP contribution in [0.2, 0.25) is 0 Å². The molecule has 1 atom stereocenters. The Morgan fingerprint density at radius 1 is 1.22 bits per heavy atom. The van der Waals surface area contributed by atoms with Crippen molar-refractivity contribution in [1.82, 2.24) is 15.0 Å². The van der Waals surface area contributed by atoms with E-state index in [9.17, 15) is 4.79 Å². The summed E-state index contributed by atoms with van der Waals surface area (Å²) in [6.07, 6.45) is 6.58. The molecule has 2 aromatic heterocycles. The number of hydrogen-bond acceptors (Lipinski definition) is 5. The molecule has 1 N–H and O–H groups in total. The summed E-state index contributed by atoms with van der Waals surface area (Å²) < 4.78 is 0. The first kappa shape index (κ1) is 12.5. The number of amides is 1. The average Bonchev–Trinajstić information content (AvgIpc) is 2.41. The minimum Gasteiger partial charge on any atom is -0.294 e. The maximum atomic E-state index is 11.9. The number of hydrogen-bond donors (Lipinski definition) is 1. The van der Waals surface area contributed by atoms with E-state index in [0.29, 0.717) is 5.95 Å². The third-order valence-electron chi connectivity index (χ3n) is 2.13. The van der Waals surface area contributed by atoms with Gasteiger partial charge in [-0.15, -0.1) is 11.8 Å². The van der Waals surface area contributed by atoms with Crippen LogP contribution in [0.1, 0.15) is 6.92 Å². The number of aromatic nitrogens is 3. The smallest absolute Gasteiger partial charge is 0.239 e. The van der Waals surface area contributed by atoms with E-state index in [0.717, 1.165) is 4.90 Å². The van der Waals surface area contributed by atoms with Crippen molar-refractivity contribution < 1.29 is 4.79 Å². The standard InChI is InChI=1S/C12H12N4OS/c1-9(18-10-3-7-13-8-4-10)11(17)16-12-14-5-2-6-15-12/h2-9H,1H3,(H,14,15,16,17)/t9-/m1/s1. The highest BCUT2D eigenvalue weighted by atomic mass is 32.2. The van der Waals surface area contributed by atoms with Crippen LogP contribution >= 0.6 is 11.8 Å². The molecule has 0 aromatic carbocycles. The lowest BCUT2D eigenvalue weighted by atomic mass is 10.4. The molecular weight excluding hydrogens is 248 g/mol. The molecule has 92 valence electrons. The molecule has 0 aliphatic carbocycles. The summed E-state index contributed by atoms with van der Waals surface area (Å²) in [5, 5.41) is 2.44. The van der Waals surface area contributed by atoms with E-state index in [1.165, 1.54) is 11.8 Å². The number of thioether (sulfide) groups is 1. The molecule has 0 spiro atoms. The van der Waals surface area contributed by atoms with Crippen molar-refractivity contribution in [1.29, 1.82) is 0 Å². The summed E-state index contributed by atoms with van der Waals surface area (Å²) in [6.45, 7) is 1.84. The Morgan fingerprint density at radius 3 is 2.56 bits per heavy atom. The normalized spacial score (nSPS) is 11.8. The zero-order valence-corrected chi connectivity index (χ0v) is 10.6. The van der Waals surface area contributed by atoms with Crippen molar-refractivity contribution in [3.63, 3.8) is 0 Å². The largest absolute Gasteiger partial charge is 0.294 e. The van der Waals surface area contributed by atoms with Crippen LogP contribution in [-0.2, 0) is 4.79 Å². The van der Waals surface area contributed by atoms with E-state index in [4.69, 9.17) is 0 Å². The number of anilines is 1. The molecule has 0 aliphatic rings. The van der Waals surface area contributed by atoms with Gasteiger partial charge in [-0.25, -0.2) is 9.97 Å². The molecule has 1 amide bonds. The van der Waals surface area contributed by atoms with Gasteiger partial charge in [-0.3, -0.25) is 15.1 Å². The van der Waals surface area contributed by atoms with Gasteiger partial charge in [-0.1, -0.05) is 0 Å². The van der Waals surface area contributed by atoms with Crippen molar-refractivity contribution >= 4 is 23.6 Å². The summed E-state index contributed by atoms with van der Waals surface area (Å²) in [4.78, 5) is 24.7. The second-order valence-corrected chi connectivity index (χ2v) is 4.92. The number of rotatable bonds is 4. The van der Waals surface area contributed by atoms with Gasteiger partial charge in [0.25, 0.3) is 0 Å². The van der Waals surface area contributed by atoms with Crippen molar-refractivity contribution in [3.8, 4) is 0 Å². The highest BCUT2D eigenvalue weighted by Crippen LogP contribution is 2.22. The van der Waals surface area contributed by atoms with E-state index in [1.54, 1.807) is 30.9 Å². The lowest BCUT2D eigenvalue weighted by Gasteiger charge is -2.10. The van der Waals surface area contributed by atoms with E-state index >= 15 is 0 Å². The van der Waals surface area contributed by atoms with Gasteiger partial charge in [-0.2, -0.15) is 0 Å². The molecule has 2 rings (SSSR count). The summed E-state index contributed by atoms with van der Waals surface area (Å²) in [6, 6.07) is 5.44. The SMILES string of the molecule is C[C@@H](Sc1ccncc1)C(=O)Nc1ncccn1. The fraction of sp³-hybridized carbons (Fsp3) is 0.167. The monoisotopic (exact) mass is 260 g/mol. The van der Waals surface area contributed by atoms with Gasteiger partial charge in [0.05, 0.1) is 5.25 Å². The van der Waals surface area contributed by atoms with Gasteiger partial charge in [0, 0.05) is 29.7 Å². The Labute approximate surface area is 109 Å². The van der Waals surface area contributed by atoms with Crippen molar-refractivity contribution in [3.05, 3.63) is 43.0 Å². The lowest BCUT2D eigenvalue weighted by Crippen LogP contribution is -2.23. The van der Waals surface area contributed by atoms with Crippen LogP contribution in [0.5, 0.6) is 0 Å². The number of pyridine rings is 1. The molecule has 2 aromatic rings. The molecule has 0 fully saturated rings. The molecule has 0 radical (unpaired) electrons. The Bertz CT molecular complexity index is 506. The third-order valence-corrected chi connectivity index (χ3v) is 3.24. The molecule has 0 unspecified atom stereocenters. The fourth-order valence-electron chi connectivity index (χ4n) is 1.25. The fourth-order valence-corrected chi connectivity index (χ4v) is 2.10. The third kappa shape index (κ3) is 3.53. The second kappa shape index (κ2) is 6.11. The van der Waals surface area contributed by atoms with Gasteiger partial charge in [0.1, 0.15) is 0 Å². The predicted molar refractivity (Wildman–Crippen MR) is 70.2 cm³/mol. The van der Waals surface area contributed by atoms with Gasteiger partial charge >= 0.3 is 0 Å². The Morgan fingerprint density at radius 2 is 1.89 bits per heavy atom. The predicted octanol–water partition coefficient (Wildman–Crippen LogP) is 1.99. The topological polar surface area (TPSA) is 67.8 Å². The Balaban J connectivity index is 1.93. The summed E-state index contributed by atoms with van der Waals surface area (Å²) in [5.41, 5.74) is 0. The molecule has 6 heteroatoms. The molecule has 5 nitrogen and oxygen atoms in total. The maximum Gasteiger partial charge on any atom is 0.239 e. The van der Waals surface area contributed by atoms with Gasteiger partial charge in [0.15, 0.2) is 0 Å². The molecule has 0 aliphatic heterocycles. The van der Waals surface area contributed by atoms with Gasteiger partial charge < -0.3 is 0 Å². The molecule has 0 saturated heterocycles. The second-order valence-electron chi connectivity index (χ2n) is 3.50. The van der Waals surface area contributed by atoms with E-state index < -0.39 is 0 Å². The van der Waals surface area contributed by atoms with E-state index in [-0.39, 0.29) is 11.2 Å². The zero-order valence-electron chi connectivity index (χ0n) is 9.78. The number of carbonyl (C=O) groups excluding carboxylic acids is 1. The van der Waals surface area contributed by atoms with E-state index in [1.807, 2.05) is 19.1 Å². The zero-order chi connectivity index (χ0) is 12.8. The van der Waals surface area contributed by atoms with Crippen molar-refractivity contribution in [2.75, 3.05) is 5.32 Å². The Kier molecular flexibility index (Phi) is 4.25. The molecule has 2 heterocycles. The lowest BCUT2D eigenvalue weighted by molar-refractivity contribution is -0.115. The van der Waals surface area contributed by atoms with Gasteiger partial charge in [-0.05, 0) is 25.1 Å². The number of nitrogens with one attached hydrogen (secondary N) is 1. The average molecular weight is 260 g/mol. The van der Waals surface area contributed by atoms with Crippen LogP contribution in [-0.4, -0.2) is 26.1 Å². The summed E-state index contributed by atoms with van der Waals surface area (Å²) in [5.74, 6) is 0.202. The van der Waals surface area contributed by atoms with E-state index in [2.05, 4.69) is 20.3 Å². The molecular formula is C12H12N4OS. The maximum absolute atomic E-state index is 11.9. The van der Waals surface area contributed by atoms with Crippen molar-refractivity contribution in [2.24, 2.45) is 0 Å². The summed E-state index contributed by atoms with van der Waals surface area (Å²) in [7, 11) is 0. The van der Waals surface area contributed by atoms with Crippen LogP contribution in [0, 0.1) is 0 Å². The molecule has 0 bridgehead atoms. The van der Waals surface area contributed by atoms with Crippen LogP contribution in [0.15, 0.2) is 47.9 Å². The molecule has 0 saturated carbocycles. The first-order chi connectivity index (χ1) is 8.75. The van der Waals surface area contributed by atoms with Gasteiger partial charge in [0.2, 0.25) is 11.9 Å². The highest BCUT2D eigenvalue weighted by Gasteiger charge is 2.15. The van der Waals surface area contributed by atoms with Crippen LogP contribution in [0.4, 0.5) is 5.95 Å². The minimum absolute atomic E-state index is 0.122. The molecule has 18 heavy (non-hydrogen) atoms. The Hall–Kier alpha value is -1.95. The van der Waals surface area contributed by atoms with Crippen molar-refractivity contribution in [2.45, 2.75) is 17.1 Å². The first-order valence-electron chi connectivity index (χ1n) is 5.40. The highest BCUT2D eigenvalue weighted by molar-refractivity contribution is 8.00. The first-order valence-corrected chi connectivity index (χ1v) is 6.28. The minimum atomic E-state index is -0.226. The summed E-state index contributed by atoms with van der Waals surface area (Å²) >= 11 is 1.46. The quantitative estimate of drug-likeness (QED) is 0.851. The number of carbonyl (C=O) groups is 1. The van der Waals surface area contributed by atoms with Crippen LogP contribution in [0.3, 0.4) is 0 Å².